The zero-order valence-corrected chi connectivity index (χ0v) is 15.4. The van der Waals surface area contributed by atoms with Crippen LogP contribution in [-0.2, 0) is 10.0 Å². The van der Waals surface area contributed by atoms with Crippen molar-refractivity contribution in [3.63, 3.8) is 0 Å². The summed E-state index contributed by atoms with van der Waals surface area (Å²) in [6.45, 7) is 4.13. The summed E-state index contributed by atoms with van der Waals surface area (Å²) in [7, 11) is -3.70. The van der Waals surface area contributed by atoms with E-state index in [0.29, 0.717) is 23.7 Å². The zero-order chi connectivity index (χ0) is 18.6. The van der Waals surface area contributed by atoms with Crippen LogP contribution >= 0.6 is 11.6 Å². The number of halogens is 1. The third-order valence-electron chi connectivity index (χ3n) is 3.65. The average molecular weight is 383 g/mol. The van der Waals surface area contributed by atoms with Crippen LogP contribution in [0.3, 0.4) is 0 Å². The quantitative estimate of drug-likeness (QED) is 0.750. The summed E-state index contributed by atoms with van der Waals surface area (Å²) < 4.78 is 26.4. The number of aromatic hydroxyl groups is 1. The van der Waals surface area contributed by atoms with Gasteiger partial charge in [0.15, 0.2) is 0 Å². The van der Waals surface area contributed by atoms with Gasteiger partial charge < -0.3 is 10.4 Å². The molecule has 0 saturated heterocycles. The van der Waals surface area contributed by atoms with Crippen LogP contribution in [-0.4, -0.2) is 36.8 Å². The average Bonchev–Trinajstić information content (AvgIpc) is 2.57. The van der Waals surface area contributed by atoms with Gasteiger partial charge in [-0.3, -0.25) is 4.79 Å². The van der Waals surface area contributed by atoms with Crippen LogP contribution in [0.25, 0.3) is 0 Å². The minimum Gasteiger partial charge on any atom is -0.506 e. The molecule has 0 radical (unpaired) electrons. The predicted molar refractivity (Wildman–Crippen MR) is 97.6 cm³/mol. The highest BCUT2D eigenvalue weighted by atomic mass is 35.5. The minimum absolute atomic E-state index is 0.00426. The van der Waals surface area contributed by atoms with Gasteiger partial charge >= 0.3 is 0 Å². The number of anilines is 1. The number of nitrogens with zero attached hydrogens (tertiary/aromatic N) is 1. The molecule has 0 bridgehead atoms. The molecule has 6 nitrogen and oxygen atoms in total. The molecule has 2 rings (SSSR count). The molecule has 2 N–H and O–H groups in total. The van der Waals surface area contributed by atoms with Gasteiger partial charge in [-0.15, -0.1) is 0 Å². The van der Waals surface area contributed by atoms with Crippen LogP contribution in [0, 0.1) is 0 Å². The maximum Gasteiger partial charge on any atom is 0.255 e. The summed E-state index contributed by atoms with van der Waals surface area (Å²) in [4.78, 5) is 12.3. The molecule has 0 aromatic heterocycles. The van der Waals surface area contributed by atoms with Gasteiger partial charge in [-0.25, -0.2) is 8.42 Å². The van der Waals surface area contributed by atoms with Crippen molar-refractivity contribution in [2.24, 2.45) is 0 Å². The number of rotatable bonds is 6. The fourth-order valence-electron chi connectivity index (χ4n) is 2.31. The van der Waals surface area contributed by atoms with Crippen LogP contribution < -0.4 is 5.32 Å². The van der Waals surface area contributed by atoms with E-state index in [1.165, 1.54) is 28.6 Å². The van der Waals surface area contributed by atoms with E-state index in [9.17, 15) is 18.3 Å². The monoisotopic (exact) mass is 382 g/mol. The van der Waals surface area contributed by atoms with Crippen LogP contribution in [0.2, 0.25) is 5.02 Å². The number of hydrogen-bond donors (Lipinski definition) is 2. The first kappa shape index (κ1) is 19.2. The SMILES string of the molecule is CCN(CC)S(=O)(=O)c1ccc(O)c(NC(=O)c2cccc(Cl)c2)c1. The Morgan fingerprint density at radius 3 is 2.44 bits per heavy atom. The van der Waals surface area contributed by atoms with Crippen LogP contribution in [0.5, 0.6) is 5.75 Å². The number of amides is 1. The first-order valence-electron chi connectivity index (χ1n) is 7.69. The standard InChI is InChI=1S/C17H19ClN2O4S/c1-3-20(4-2)25(23,24)14-8-9-16(21)15(11-14)19-17(22)12-6-5-7-13(18)10-12/h5-11,21H,3-4H2,1-2H3,(H,19,22). The van der Waals surface area contributed by atoms with E-state index in [4.69, 9.17) is 11.6 Å². The van der Waals surface area contributed by atoms with Gasteiger partial charge in [0, 0.05) is 23.7 Å². The number of phenols is 1. The molecule has 0 atom stereocenters. The molecule has 8 heteroatoms. The number of carbonyl (C=O) groups is 1. The van der Waals surface area contributed by atoms with Gasteiger partial charge in [-0.2, -0.15) is 4.31 Å². The molecule has 0 heterocycles. The Kier molecular flexibility index (Phi) is 6.05. The Hall–Kier alpha value is -2.09. The maximum absolute atomic E-state index is 12.6. The summed E-state index contributed by atoms with van der Waals surface area (Å²) in [5.41, 5.74) is 0.308. The Bertz CT molecular complexity index is 880. The molecular formula is C17H19ClN2O4S. The molecule has 2 aromatic rings. The first-order chi connectivity index (χ1) is 11.8. The lowest BCUT2D eigenvalue weighted by atomic mass is 10.2. The van der Waals surface area contributed by atoms with Crippen molar-refractivity contribution in [1.29, 1.82) is 0 Å². The van der Waals surface area contributed by atoms with Crippen molar-refractivity contribution < 1.29 is 18.3 Å². The third kappa shape index (κ3) is 4.31. The molecule has 0 aliphatic heterocycles. The lowest BCUT2D eigenvalue weighted by molar-refractivity contribution is 0.102. The van der Waals surface area contributed by atoms with Crippen molar-refractivity contribution in [3.05, 3.63) is 53.1 Å². The first-order valence-corrected chi connectivity index (χ1v) is 9.51. The summed E-state index contributed by atoms with van der Waals surface area (Å²) >= 11 is 5.86. The molecule has 25 heavy (non-hydrogen) atoms. The number of hydrogen-bond acceptors (Lipinski definition) is 4. The smallest absolute Gasteiger partial charge is 0.255 e. The Labute approximate surface area is 152 Å². The predicted octanol–water partition coefficient (Wildman–Crippen LogP) is 3.33. The lowest BCUT2D eigenvalue weighted by Crippen LogP contribution is -2.30. The molecule has 134 valence electrons. The molecular weight excluding hydrogens is 364 g/mol. The molecule has 0 saturated carbocycles. The molecule has 0 aliphatic rings. The van der Waals surface area contributed by atoms with Crippen molar-refractivity contribution in [2.75, 3.05) is 18.4 Å². The van der Waals surface area contributed by atoms with Crippen LogP contribution in [0.4, 0.5) is 5.69 Å². The largest absolute Gasteiger partial charge is 0.506 e. The zero-order valence-electron chi connectivity index (χ0n) is 13.9. The highest BCUT2D eigenvalue weighted by Gasteiger charge is 2.23. The van der Waals surface area contributed by atoms with E-state index < -0.39 is 15.9 Å². The fourth-order valence-corrected chi connectivity index (χ4v) is 3.99. The second-order valence-electron chi connectivity index (χ2n) is 5.23. The van der Waals surface area contributed by atoms with Gasteiger partial charge in [-0.05, 0) is 36.4 Å². The normalized spacial score (nSPS) is 11.5. The number of carbonyl (C=O) groups excluding carboxylic acids is 1. The fraction of sp³-hybridized carbons (Fsp3) is 0.235. The molecule has 1 amide bonds. The van der Waals surface area contributed by atoms with Gasteiger partial charge in [-0.1, -0.05) is 31.5 Å². The highest BCUT2D eigenvalue weighted by molar-refractivity contribution is 7.89. The van der Waals surface area contributed by atoms with E-state index in [2.05, 4.69) is 5.32 Å². The second kappa shape index (κ2) is 7.86. The summed E-state index contributed by atoms with van der Waals surface area (Å²) in [5, 5.41) is 12.9. The van der Waals surface area contributed by atoms with Gasteiger partial charge in [0.1, 0.15) is 5.75 Å². The number of phenolic OH excluding ortho intramolecular Hbond substituents is 1. The van der Waals surface area contributed by atoms with E-state index in [1.54, 1.807) is 32.0 Å². The number of nitrogens with one attached hydrogen (secondary N) is 1. The van der Waals surface area contributed by atoms with Crippen molar-refractivity contribution in [1.82, 2.24) is 4.31 Å². The van der Waals surface area contributed by atoms with Crippen molar-refractivity contribution in [3.8, 4) is 5.75 Å². The highest BCUT2D eigenvalue weighted by Crippen LogP contribution is 2.28. The molecule has 2 aromatic carbocycles. The van der Waals surface area contributed by atoms with Gasteiger partial charge in [0.05, 0.1) is 10.6 Å². The van der Waals surface area contributed by atoms with Gasteiger partial charge in [0.2, 0.25) is 10.0 Å². The summed E-state index contributed by atoms with van der Waals surface area (Å²) in [6.07, 6.45) is 0. The third-order valence-corrected chi connectivity index (χ3v) is 5.93. The van der Waals surface area contributed by atoms with E-state index in [1.807, 2.05) is 0 Å². The van der Waals surface area contributed by atoms with E-state index in [-0.39, 0.29) is 16.3 Å². The molecule has 0 aliphatic carbocycles. The van der Waals surface area contributed by atoms with Gasteiger partial charge in [0.25, 0.3) is 5.91 Å². The molecule has 0 fully saturated rings. The Morgan fingerprint density at radius 1 is 1.16 bits per heavy atom. The second-order valence-corrected chi connectivity index (χ2v) is 7.61. The van der Waals surface area contributed by atoms with Crippen LogP contribution in [0.1, 0.15) is 24.2 Å². The number of sulfonamides is 1. The Balaban J connectivity index is 2.35. The maximum atomic E-state index is 12.6. The van der Waals surface area contributed by atoms with Crippen LogP contribution in [0.15, 0.2) is 47.4 Å². The number of benzene rings is 2. The van der Waals surface area contributed by atoms with Crippen molar-refractivity contribution >= 4 is 33.2 Å². The Morgan fingerprint density at radius 2 is 1.84 bits per heavy atom. The van der Waals surface area contributed by atoms with E-state index in [0.717, 1.165) is 0 Å². The topological polar surface area (TPSA) is 86.7 Å². The molecule has 0 spiro atoms. The van der Waals surface area contributed by atoms with E-state index >= 15 is 0 Å². The lowest BCUT2D eigenvalue weighted by Gasteiger charge is -2.19. The minimum atomic E-state index is -3.70. The molecule has 0 unspecified atom stereocenters. The summed E-state index contributed by atoms with van der Waals surface area (Å²) in [6, 6.07) is 10.1. The summed E-state index contributed by atoms with van der Waals surface area (Å²) in [5.74, 6) is -0.732. The van der Waals surface area contributed by atoms with Crippen molar-refractivity contribution in [2.45, 2.75) is 18.7 Å².